The first-order valence-electron chi connectivity index (χ1n) is 10.6. The molecule has 160 valence electrons. The molecule has 0 saturated heterocycles. The zero-order chi connectivity index (χ0) is 21.3. The fraction of sp³-hybridized carbons (Fsp3) is 0.417. The van der Waals surface area contributed by atoms with Gasteiger partial charge in [0.1, 0.15) is 19.3 Å². The van der Waals surface area contributed by atoms with Gasteiger partial charge in [0.15, 0.2) is 11.5 Å². The van der Waals surface area contributed by atoms with Crippen molar-refractivity contribution in [1.29, 1.82) is 0 Å². The molecule has 0 aromatic heterocycles. The number of nitrogens with zero attached hydrogens (tertiary/aromatic N) is 1. The number of ether oxygens (including phenoxy) is 2. The van der Waals surface area contributed by atoms with Crippen LogP contribution in [0, 0.1) is 0 Å². The van der Waals surface area contributed by atoms with Crippen LogP contribution in [0.2, 0.25) is 0 Å². The predicted molar refractivity (Wildman–Crippen MR) is 116 cm³/mol. The van der Waals surface area contributed by atoms with Crippen molar-refractivity contribution >= 4 is 11.8 Å². The van der Waals surface area contributed by atoms with E-state index < -0.39 is 6.04 Å². The Morgan fingerprint density at radius 1 is 1.00 bits per heavy atom. The summed E-state index contributed by atoms with van der Waals surface area (Å²) in [5, 5.41) is 2.82. The summed E-state index contributed by atoms with van der Waals surface area (Å²) in [6.45, 7) is 5.80. The molecule has 6 nitrogen and oxygen atoms in total. The molecule has 0 radical (unpaired) electrons. The number of amides is 2. The second-order valence-electron chi connectivity index (χ2n) is 7.37. The number of hydrogen-bond acceptors (Lipinski definition) is 4. The SMILES string of the molecule is CCNC(=O)[C@@H](C)N(CCc1ccccc1)C(=O)CCc1ccc2c(c1)OCCO2. The monoisotopic (exact) mass is 410 g/mol. The largest absolute Gasteiger partial charge is 0.486 e. The lowest BCUT2D eigenvalue weighted by atomic mass is 10.1. The first-order valence-corrected chi connectivity index (χ1v) is 10.6. The van der Waals surface area contributed by atoms with E-state index in [-0.39, 0.29) is 11.8 Å². The molecule has 0 saturated carbocycles. The van der Waals surface area contributed by atoms with E-state index in [1.165, 1.54) is 0 Å². The van der Waals surface area contributed by atoms with Gasteiger partial charge in [-0.2, -0.15) is 0 Å². The molecular formula is C24H30N2O4. The maximum absolute atomic E-state index is 13.1. The van der Waals surface area contributed by atoms with Crippen LogP contribution in [0.1, 0.15) is 31.4 Å². The van der Waals surface area contributed by atoms with Crippen LogP contribution in [0.15, 0.2) is 48.5 Å². The summed E-state index contributed by atoms with van der Waals surface area (Å²) >= 11 is 0. The number of aryl methyl sites for hydroxylation is 1. The van der Waals surface area contributed by atoms with Gasteiger partial charge >= 0.3 is 0 Å². The molecule has 0 spiro atoms. The van der Waals surface area contributed by atoms with Crippen molar-refractivity contribution < 1.29 is 19.1 Å². The molecule has 2 amide bonds. The van der Waals surface area contributed by atoms with Crippen LogP contribution in [-0.4, -0.2) is 49.1 Å². The van der Waals surface area contributed by atoms with Crippen molar-refractivity contribution in [3.05, 3.63) is 59.7 Å². The average Bonchev–Trinajstić information content (AvgIpc) is 2.78. The van der Waals surface area contributed by atoms with Crippen LogP contribution in [0.4, 0.5) is 0 Å². The van der Waals surface area contributed by atoms with Crippen molar-refractivity contribution in [2.24, 2.45) is 0 Å². The van der Waals surface area contributed by atoms with E-state index in [1.54, 1.807) is 11.8 Å². The van der Waals surface area contributed by atoms with Gasteiger partial charge in [0.2, 0.25) is 11.8 Å². The number of benzene rings is 2. The van der Waals surface area contributed by atoms with Crippen LogP contribution in [0.5, 0.6) is 11.5 Å². The predicted octanol–water partition coefficient (Wildman–Crippen LogP) is 2.99. The van der Waals surface area contributed by atoms with Crippen LogP contribution in [0.3, 0.4) is 0 Å². The summed E-state index contributed by atoms with van der Waals surface area (Å²) in [5.74, 6) is 1.31. The first-order chi connectivity index (χ1) is 14.6. The van der Waals surface area contributed by atoms with E-state index in [0.29, 0.717) is 45.6 Å². The number of rotatable bonds is 9. The highest BCUT2D eigenvalue weighted by Crippen LogP contribution is 2.31. The molecular weight excluding hydrogens is 380 g/mol. The standard InChI is InChI=1S/C24H30N2O4/c1-3-25-24(28)18(2)26(14-13-19-7-5-4-6-8-19)23(27)12-10-20-9-11-21-22(17-20)30-16-15-29-21/h4-9,11,17-18H,3,10,12-16H2,1-2H3,(H,25,28)/t18-/m1/s1. The molecule has 6 heteroatoms. The smallest absolute Gasteiger partial charge is 0.242 e. The molecule has 30 heavy (non-hydrogen) atoms. The quantitative estimate of drug-likeness (QED) is 0.690. The molecule has 2 aromatic rings. The van der Waals surface area contributed by atoms with Crippen LogP contribution in [0.25, 0.3) is 0 Å². The molecule has 0 fully saturated rings. The molecule has 1 aliphatic heterocycles. The van der Waals surface area contributed by atoms with E-state index >= 15 is 0 Å². The van der Waals surface area contributed by atoms with Gasteiger partial charge in [-0.15, -0.1) is 0 Å². The summed E-state index contributed by atoms with van der Waals surface area (Å²) in [5.41, 5.74) is 2.16. The van der Waals surface area contributed by atoms with Crippen molar-refractivity contribution in [2.45, 2.75) is 39.2 Å². The van der Waals surface area contributed by atoms with Gasteiger partial charge in [-0.25, -0.2) is 0 Å². The van der Waals surface area contributed by atoms with Gasteiger partial charge in [0, 0.05) is 19.5 Å². The molecule has 1 N–H and O–H groups in total. The lowest BCUT2D eigenvalue weighted by Crippen LogP contribution is -2.48. The molecule has 1 aliphatic rings. The Kier molecular flexibility index (Phi) is 7.71. The van der Waals surface area contributed by atoms with Crippen LogP contribution in [-0.2, 0) is 22.4 Å². The molecule has 1 heterocycles. The minimum Gasteiger partial charge on any atom is -0.486 e. The highest BCUT2D eigenvalue weighted by Gasteiger charge is 2.25. The second kappa shape index (κ2) is 10.7. The highest BCUT2D eigenvalue weighted by atomic mass is 16.6. The van der Waals surface area contributed by atoms with Crippen molar-refractivity contribution in [3.8, 4) is 11.5 Å². The number of carbonyl (C=O) groups excluding carboxylic acids is 2. The van der Waals surface area contributed by atoms with Crippen LogP contribution >= 0.6 is 0 Å². The van der Waals surface area contributed by atoms with Crippen molar-refractivity contribution in [2.75, 3.05) is 26.3 Å². The number of fused-ring (bicyclic) bond motifs is 1. The molecule has 1 atom stereocenters. The third-order valence-electron chi connectivity index (χ3n) is 5.24. The van der Waals surface area contributed by atoms with E-state index in [4.69, 9.17) is 9.47 Å². The van der Waals surface area contributed by atoms with Crippen molar-refractivity contribution in [3.63, 3.8) is 0 Å². The maximum Gasteiger partial charge on any atom is 0.242 e. The minimum atomic E-state index is -0.513. The van der Waals surface area contributed by atoms with E-state index in [9.17, 15) is 9.59 Å². The topological polar surface area (TPSA) is 67.9 Å². The van der Waals surface area contributed by atoms with Gasteiger partial charge in [-0.05, 0) is 49.9 Å². The first kappa shape index (κ1) is 21.7. The highest BCUT2D eigenvalue weighted by molar-refractivity contribution is 5.87. The van der Waals surface area contributed by atoms with Gasteiger partial charge in [-0.3, -0.25) is 9.59 Å². The Hall–Kier alpha value is -3.02. The van der Waals surface area contributed by atoms with Gasteiger partial charge in [-0.1, -0.05) is 36.4 Å². The van der Waals surface area contributed by atoms with E-state index in [1.807, 2.05) is 55.5 Å². The molecule has 0 bridgehead atoms. The lowest BCUT2D eigenvalue weighted by Gasteiger charge is -2.29. The molecule has 2 aromatic carbocycles. The minimum absolute atomic E-state index is 0.0282. The van der Waals surface area contributed by atoms with Gasteiger partial charge in [0.05, 0.1) is 0 Å². The third kappa shape index (κ3) is 5.75. The zero-order valence-corrected chi connectivity index (χ0v) is 17.7. The Labute approximate surface area is 178 Å². The number of nitrogens with one attached hydrogen (secondary N) is 1. The third-order valence-corrected chi connectivity index (χ3v) is 5.24. The summed E-state index contributed by atoms with van der Waals surface area (Å²) in [6.07, 6.45) is 1.62. The fourth-order valence-electron chi connectivity index (χ4n) is 3.53. The lowest BCUT2D eigenvalue weighted by molar-refractivity contribution is -0.139. The summed E-state index contributed by atoms with van der Waals surface area (Å²) in [7, 11) is 0. The van der Waals surface area contributed by atoms with Gasteiger partial charge in [0.25, 0.3) is 0 Å². The Balaban J connectivity index is 1.65. The summed E-state index contributed by atoms with van der Waals surface area (Å²) in [4.78, 5) is 27.2. The fourth-order valence-corrected chi connectivity index (χ4v) is 3.53. The van der Waals surface area contributed by atoms with E-state index in [0.717, 1.165) is 22.6 Å². The maximum atomic E-state index is 13.1. The Morgan fingerprint density at radius 3 is 2.47 bits per heavy atom. The van der Waals surface area contributed by atoms with Crippen LogP contribution < -0.4 is 14.8 Å². The molecule has 0 aliphatic carbocycles. The van der Waals surface area contributed by atoms with Gasteiger partial charge < -0.3 is 19.7 Å². The average molecular weight is 411 g/mol. The molecule has 0 unspecified atom stereocenters. The van der Waals surface area contributed by atoms with E-state index in [2.05, 4.69) is 5.32 Å². The number of likely N-dealkylation sites (N-methyl/N-ethyl adjacent to an activating group) is 1. The van der Waals surface area contributed by atoms with Crippen molar-refractivity contribution in [1.82, 2.24) is 10.2 Å². The summed E-state index contributed by atoms with van der Waals surface area (Å²) in [6, 6.07) is 15.3. The molecule has 3 rings (SSSR count). The number of carbonyl (C=O) groups is 2. The normalized spacial score (nSPS) is 13.4. The second-order valence-corrected chi connectivity index (χ2v) is 7.37. The number of hydrogen-bond donors (Lipinski definition) is 1. The summed E-state index contributed by atoms with van der Waals surface area (Å²) < 4.78 is 11.2. The Morgan fingerprint density at radius 2 is 1.73 bits per heavy atom. The zero-order valence-electron chi connectivity index (χ0n) is 17.7. The Bertz CT molecular complexity index is 854.